The van der Waals surface area contributed by atoms with E-state index in [-0.39, 0.29) is 11.3 Å². The second-order valence-electron chi connectivity index (χ2n) is 5.58. The molecule has 94 valence electrons. The molecule has 0 radical (unpaired) electrons. The average molecular weight is 236 g/mol. The van der Waals surface area contributed by atoms with E-state index in [1.54, 1.807) is 0 Å². The van der Waals surface area contributed by atoms with Gasteiger partial charge in [-0.05, 0) is 19.8 Å². The summed E-state index contributed by atoms with van der Waals surface area (Å²) in [5, 5.41) is 6.89. The molecule has 1 saturated carbocycles. The third-order valence-electron chi connectivity index (χ3n) is 2.98. The van der Waals surface area contributed by atoms with Crippen LogP contribution in [0.25, 0.3) is 0 Å². The molecule has 1 aromatic heterocycles. The van der Waals surface area contributed by atoms with Gasteiger partial charge in [-0.3, -0.25) is 9.89 Å². The van der Waals surface area contributed by atoms with Gasteiger partial charge in [0.2, 0.25) is 5.82 Å². The van der Waals surface area contributed by atoms with Crippen LogP contribution in [0.5, 0.6) is 0 Å². The van der Waals surface area contributed by atoms with Crippen LogP contribution in [0.4, 0.5) is 0 Å². The van der Waals surface area contributed by atoms with Crippen molar-refractivity contribution in [2.45, 2.75) is 52.0 Å². The molecule has 0 spiro atoms. The molecule has 0 aromatic carbocycles. The molecule has 2 rings (SSSR count). The minimum absolute atomic E-state index is 0.0539. The van der Waals surface area contributed by atoms with E-state index in [4.69, 9.17) is 0 Å². The first-order valence-corrected chi connectivity index (χ1v) is 6.17. The van der Waals surface area contributed by atoms with Gasteiger partial charge in [0.05, 0.1) is 0 Å². The molecule has 0 unspecified atom stereocenters. The van der Waals surface area contributed by atoms with Gasteiger partial charge in [0.25, 0.3) is 5.91 Å². The topological polar surface area (TPSA) is 61.9 Å². The van der Waals surface area contributed by atoms with Gasteiger partial charge < -0.3 is 4.90 Å². The predicted octanol–water partition coefficient (Wildman–Crippen LogP) is 1.73. The zero-order chi connectivity index (χ0) is 12.6. The summed E-state index contributed by atoms with van der Waals surface area (Å²) in [7, 11) is 0. The van der Waals surface area contributed by atoms with Gasteiger partial charge in [0, 0.05) is 18.0 Å². The highest BCUT2D eigenvalue weighted by Gasteiger charge is 2.34. The minimum atomic E-state index is -0.109. The van der Waals surface area contributed by atoms with Crippen LogP contribution < -0.4 is 0 Å². The SMILES string of the molecule is CCN(C(=O)c1n[nH]c(C(C)(C)C)n1)C1CC1. The van der Waals surface area contributed by atoms with Crippen molar-refractivity contribution in [1.29, 1.82) is 0 Å². The first-order chi connectivity index (χ1) is 7.93. The van der Waals surface area contributed by atoms with Crippen molar-refractivity contribution in [3.05, 3.63) is 11.6 Å². The maximum atomic E-state index is 12.2. The third-order valence-corrected chi connectivity index (χ3v) is 2.98. The maximum Gasteiger partial charge on any atom is 0.293 e. The lowest BCUT2D eigenvalue weighted by molar-refractivity contribution is 0.0740. The first kappa shape index (κ1) is 12.1. The Bertz CT molecular complexity index is 414. The van der Waals surface area contributed by atoms with Crippen LogP contribution >= 0.6 is 0 Å². The second kappa shape index (κ2) is 4.13. The number of nitrogens with zero attached hydrogens (tertiary/aromatic N) is 3. The van der Waals surface area contributed by atoms with E-state index < -0.39 is 0 Å². The maximum absolute atomic E-state index is 12.2. The predicted molar refractivity (Wildman–Crippen MR) is 64.8 cm³/mol. The summed E-state index contributed by atoms with van der Waals surface area (Å²) in [5.74, 6) is 0.998. The molecule has 1 aromatic rings. The Hall–Kier alpha value is -1.39. The molecular formula is C12H20N4O. The highest BCUT2D eigenvalue weighted by Crippen LogP contribution is 2.27. The minimum Gasteiger partial charge on any atom is -0.333 e. The van der Waals surface area contributed by atoms with Gasteiger partial charge >= 0.3 is 0 Å². The monoisotopic (exact) mass is 236 g/mol. The summed E-state index contributed by atoms with van der Waals surface area (Å²) in [6.07, 6.45) is 2.21. The zero-order valence-electron chi connectivity index (χ0n) is 10.9. The van der Waals surface area contributed by atoms with Crippen LogP contribution in [0.3, 0.4) is 0 Å². The number of rotatable bonds is 3. The van der Waals surface area contributed by atoms with Crippen LogP contribution in [0.15, 0.2) is 0 Å². The number of H-pyrrole nitrogens is 1. The van der Waals surface area contributed by atoms with Gasteiger partial charge in [-0.25, -0.2) is 4.98 Å². The van der Waals surface area contributed by atoms with E-state index in [9.17, 15) is 4.79 Å². The number of nitrogens with one attached hydrogen (secondary N) is 1. The number of carbonyl (C=O) groups excluding carboxylic acids is 1. The molecule has 0 bridgehead atoms. The Morgan fingerprint density at radius 1 is 1.47 bits per heavy atom. The molecule has 1 amide bonds. The Labute approximate surface area is 102 Å². The van der Waals surface area contributed by atoms with Gasteiger partial charge in [-0.1, -0.05) is 20.8 Å². The lowest BCUT2D eigenvalue weighted by atomic mass is 9.96. The molecule has 5 nitrogen and oxygen atoms in total. The fourth-order valence-corrected chi connectivity index (χ4v) is 1.78. The summed E-state index contributed by atoms with van der Waals surface area (Å²) in [5.41, 5.74) is -0.109. The lowest BCUT2D eigenvalue weighted by Crippen LogP contribution is -2.33. The molecule has 17 heavy (non-hydrogen) atoms. The Morgan fingerprint density at radius 3 is 2.53 bits per heavy atom. The van der Waals surface area contributed by atoms with E-state index in [0.717, 1.165) is 25.2 Å². The summed E-state index contributed by atoms with van der Waals surface area (Å²) in [6, 6.07) is 0.407. The normalized spacial score (nSPS) is 16.0. The largest absolute Gasteiger partial charge is 0.333 e. The first-order valence-electron chi connectivity index (χ1n) is 6.17. The molecule has 0 saturated heterocycles. The van der Waals surface area contributed by atoms with Crippen LogP contribution in [-0.4, -0.2) is 38.6 Å². The van der Waals surface area contributed by atoms with Crippen molar-refractivity contribution in [2.75, 3.05) is 6.54 Å². The van der Waals surface area contributed by atoms with Crippen LogP contribution in [0.1, 0.15) is 57.0 Å². The van der Waals surface area contributed by atoms with E-state index in [2.05, 4.69) is 15.2 Å². The van der Waals surface area contributed by atoms with Crippen molar-refractivity contribution >= 4 is 5.91 Å². The molecule has 0 aliphatic heterocycles. The average Bonchev–Trinajstić information content (AvgIpc) is 2.94. The van der Waals surface area contributed by atoms with Crippen molar-refractivity contribution in [1.82, 2.24) is 20.1 Å². The van der Waals surface area contributed by atoms with Crippen LogP contribution in [0.2, 0.25) is 0 Å². The molecular weight excluding hydrogens is 216 g/mol. The number of hydrogen-bond donors (Lipinski definition) is 1. The van der Waals surface area contributed by atoms with Crippen LogP contribution in [-0.2, 0) is 5.41 Å². The van der Waals surface area contributed by atoms with Gasteiger partial charge in [0.15, 0.2) is 0 Å². The fourth-order valence-electron chi connectivity index (χ4n) is 1.78. The number of aromatic nitrogens is 3. The smallest absolute Gasteiger partial charge is 0.293 e. The standard InChI is InChI=1S/C12H20N4O/c1-5-16(8-6-7-8)10(17)9-13-11(15-14-9)12(2,3)4/h8H,5-7H2,1-4H3,(H,13,14,15). The highest BCUT2D eigenvalue weighted by molar-refractivity contribution is 5.90. The molecule has 1 aliphatic carbocycles. The van der Waals surface area contributed by atoms with Gasteiger partial charge in [-0.2, -0.15) is 0 Å². The molecule has 5 heteroatoms. The van der Waals surface area contributed by atoms with Crippen molar-refractivity contribution in [3.8, 4) is 0 Å². The third kappa shape index (κ3) is 2.48. The van der Waals surface area contributed by atoms with Crippen molar-refractivity contribution < 1.29 is 4.79 Å². The molecule has 0 atom stereocenters. The fraction of sp³-hybridized carbons (Fsp3) is 0.750. The Morgan fingerprint density at radius 2 is 2.12 bits per heavy atom. The molecule has 1 N–H and O–H groups in total. The zero-order valence-corrected chi connectivity index (χ0v) is 10.9. The van der Waals surface area contributed by atoms with Gasteiger partial charge in [-0.15, -0.1) is 5.10 Å². The summed E-state index contributed by atoms with van der Waals surface area (Å²) >= 11 is 0. The highest BCUT2D eigenvalue weighted by atomic mass is 16.2. The van der Waals surface area contributed by atoms with E-state index in [1.165, 1.54) is 0 Å². The quantitative estimate of drug-likeness (QED) is 0.869. The number of amides is 1. The van der Waals surface area contributed by atoms with E-state index >= 15 is 0 Å². The van der Waals surface area contributed by atoms with E-state index in [0.29, 0.717) is 11.9 Å². The number of hydrogen-bond acceptors (Lipinski definition) is 3. The lowest BCUT2D eigenvalue weighted by Gasteiger charge is -2.18. The number of carbonyl (C=O) groups is 1. The van der Waals surface area contributed by atoms with Crippen molar-refractivity contribution in [3.63, 3.8) is 0 Å². The summed E-state index contributed by atoms with van der Waals surface area (Å²) in [6.45, 7) is 8.84. The summed E-state index contributed by atoms with van der Waals surface area (Å²) in [4.78, 5) is 18.3. The van der Waals surface area contributed by atoms with Gasteiger partial charge in [0.1, 0.15) is 5.82 Å². The molecule has 1 fully saturated rings. The number of aromatic amines is 1. The van der Waals surface area contributed by atoms with Crippen molar-refractivity contribution in [2.24, 2.45) is 0 Å². The summed E-state index contributed by atoms with van der Waals surface area (Å²) < 4.78 is 0. The van der Waals surface area contributed by atoms with E-state index in [1.807, 2.05) is 32.6 Å². The Kier molecular flexibility index (Phi) is 2.93. The van der Waals surface area contributed by atoms with Crippen LogP contribution in [0, 0.1) is 0 Å². The molecule has 1 aliphatic rings. The Balaban J connectivity index is 2.16. The molecule has 1 heterocycles. The second-order valence-corrected chi connectivity index (χ2v) is 5.58.